The molecular weight excluding hydrogens is 322 g/mol. The summed E-state index contributed by atoms with van der Waals surface area (Å²) in [5.41, 5.74) is 7.38. The van der Waals surface area contributed by atoms with Crippen molar-refractivity contribution in [1.82, 2.24) is 0 Å². The number of carbonyl (C=O) groups is 1. The highest BCUT2D eigenvalue weighted by Gasteiger charge is 2.10. The number of halogens is 1. The van der Waals surface area contributed by atoms with Crippen molar-refractivity contribution in [1.29, 1.82) is 0 Å². The molecule has 0 saturated heterocycles. The van der Waals surface area contributed by atoms with Gasteiger partial charge in [-0.2, -0.15) is 0 Å². The summed E-state index contributed by atoms with van der Waals surface area (Å²) in [6, 6.07) is 12.2. The molecule has 20 heavy (non-hydrogen) atoms. The average molecular weight is 336 g/mol. The quantitative estimate of drug-likeness (QED) is 0.687. The van der Waals surface area contributed by atoms with Crippen LogP contribution >= 0.6 is 15.9 Å². The summed E-state index contributed by atoms with van der Waals surface area (Å²) in [6.45, 7) is 0.135. The second-order valence-corrected chi connectivity index (χ2v) is 5.07. The number of nitrogens with two attached hydrogens (primary N) is 1. The molecule has 0 aliphatic carbocycles. The second kappa shape index (κ2) is 6.43. The fraction of sp³-hybridized carbons (Fsp3) is 0.133. The Balaban J connectivity index is 2.09. The molecule has 0 radical (unpaired) electrons. The van der Waals surface area contributed by atoms with E-state index in [0.717, 1.165) is 10.0 Å². The van der Waals surface area contributed by atoms with Crippen LogP contribution in [0.15, 0.2) is 46.9 Å². The zero-order valence-electron chi connectivity index (χ0n) is 10.9. The standard InChI is InChI=1S/C15H14BrNO3/c1-19-14-6-5-12(16)7-11(14)9-20-15(18)10-3-2-4-13(17)8-10/h2-8H,9,17H2,1H3. The maximum Gasteiger partial charge on any atom is 0.338 e. The van der Waals surface area contributed by atoms with Crippen LogP contribution in [0.4, 0.5) is 5.69 Å². The van der Waals surface area contributed by atoms with E-state index in [4.69, 9.17) is 15.2 Å². The summed E-state index contributed by atoms with van der Waals surface area (Å²) >= 11 is 3.37. The van der Waals surface area contributed by atoms with Crippen molar-refractivity contribution in [3.63, 3.8) is 0 Å². The Labute approximate surface area is 125 Å². The number of carbonyl (C=O) groups excluding carboxylic acids is 1. The van der Waals surface area contributed by atoms with Crippen molar-refractivity contribution in [3.05, 3.63) is 58.1 Å². The Hall–Kier alpha value is -2.01. The van der Waals surface area contributed by atoms with Gasteiger partial charge in [0.2, 0.25) is 0 Å². The van der Waals surface area contributed by atoms with Crippen molar-refractivity contribution in [2.24, 2.45) is 0 Å². The Morgan fingerprint density at radius 2 is 2.05 bits per heavy atom. The molecule has 104 valence electrons. The number of esters is 1. The lowest BCUT2D eigenvalue weighted by Gasteiger charge is -2.10. The van der Waals surface area contributed by atoms with Crippen molar-refractivity contribution < 1.29 is 14.3 Å². The highest BCUT2D eigenvalue weighted by Crippen LogP contribution is 2.24. The number of hydrogen-bond acceptors (Lipinski definition) is 4. The predicted octanol–water partition coefficient (Wildman–Crippen LogP) is 3.40. The first-order chi connectivity index (χ1) is 9.60. The maximum atomic E-state index is 11.9. The van der Waals surface area contributed by atoms with E-state index in [-0.39, 0.29) is 6.61 Å². The molecule has 0 atom stereocenters. The van der Waals surface area contributed by atoms with Crippen LogP contribution in [0.5, 0.6) is 5.75 Å². The SMILES string of the molecule is COc1ccc(Br)cc1COC(=O)c1cccc(N)c1. The van der Waals surface area contributed by atoms with E-state index in [1.807, 2.05) is 18.2 Å². The van der Waals surface area contributed by atoms with Gasteiger partial charge in [0.1, 0.15) is 12.4 Å². The maximum absolute atomic E-state index is 11.9. The van der Waals surface area contributed by atoms with Gasteiger partial charge in [0.05, 0.1) is 12.7 Å². The van der Waals surface area contributed by atoms with Crippen LogP contribution in [0.1, 0.15) is 15.9 Å². The molecule has 0 unspecified atom stereocenters. The smallest absolute Gasteiger partial charge is 0.338 e. The fourth-order valence-corrected chi connectivity index (χ4v) is 2.16. The summed E-state index contributed by atoms with van der Waals surface area (Å²) in [7, 11) is 1.58. The van der Waals surface area contributed by atoms with Gasteiger partial charge < -0.3 is 15.2 Å². The van der Waals surface area contributed by atoms with Gasteiger partial charge in [-0.1, -0.05) is 22.0 Å². The molecule has 2 N–H and O–H groups in total. The van der Waals surface area contributed by atoms with E-state index in [0.29, 0.717) is 17.0 Å². The van der Waals surface area contributed by atoms with Crippen molar-refractivity contribution in [2.75, 3.05) is 12.8 Å². The van der Waals surface area contributed by atoms with Crippen LogP contribution in [-0.4, -0.2) is 13.1 Å². The first kappa shape index (κ1) is 14.4. The third-order valence-corrected chi connectivity index (χ3v) is 3.22. The number of benzene rings is 2. The summed E-state index contributed by atoms with van der Waals surface area (Å²) in [4.78, 5) is 11.9. The Morgan fingerprint density at radius 3 is 2.75 bits per heavy atom. The third kappa shape index (κ3) is 3.51. The molecule has 0 aliphatic heterocycles. The normalized spacial score (nSPS) is 10.1. The van der Waals surface area contributed by atoms with Gasteiger partial charge in [0, 0.05) is 15.7 Å². The summed E-state index contributed by atoms with van der Waals surface area (Å²) in [5, 5.41) is 0. The van der Waals surface area contributed by atoms with E-state index >= 15 is 0 Å². The Kier molecular flexibility index (Phi) is 4.63. The van der Waals surface area contributed by atoms with Crippen LogP contribution < -0.4 is 10.5 Å². The van der Waals surface area contributed by atoms with Gasteiger partial charge in [0.25, 0.3) is 0 Å². The topological polar surface area (TPSA) is 61.5 Å². The van der Waals surface area contributed by atoms with E-state index in [9.17, 15) is 4.79 Å². The molecule has 0 amide bonds. The van der Waals surface area contributed by atoms with Crippen LogP contribution in [0.3, 0.4) is 0 Å². The van der Waals surface area contributed by atoms with Crippen molar-refractivity contribution in [3.8, 4) is 5.75 Å². The average Bonchev–Trinajstić information content (AvgIpc) is 2.45. The molecule has 2 aromatic carbocycles. The molecule has 0 aromatic heterocycles. The van der Waals surface area contributed by atoms with Gasteiger partial charge in [-0.05, 0) is 36.4 Å². The van der Waals surface area contributed by atoms with Crippen molar-refractivity contribution >= 4 is 27.6 Å². The monoisotopic (exact) mass is 335 g/mol. The van der Waals surface area contributed by atoms with E-state index in [2.05, 4.69) is 15.9 Å². The summed E-state index contributed by atoms with van der Waals surface area (Å²) in [6.07, 6.45) is 0. The van der Waals surface area contributed by atoms with Gasteiger partial charge >= 0.3 is 5.97 Å². The summed E-state index contributed by atoms with van der Waals surface area (Å²) < 4.78 is 11.4. The summed E-state index contributed by atoms with van der Waals surface area (Å²) in [5.74, 6) is 0.257. The minimum absolute atomic E-state index is 0.135. The van der Waals surface area contributed by atoms with Gasteiger partial charge in [-0.25, -0.2) is 4.79 Å². The van der Waals surface area contributed by atoms with Crippen LogP contribution in [-0.2, 0) is 11.3 Å². The molecule has 0 spiro atoms. The molecule has 2 rings (SSSR count). The number of nitrogen functional groups attached to an aromatic ring is 1. The number of hydrogen-bond donors (Lipinski definition) is 1. The van der Waals surface area contributed by atoms with Crippen molar-refractivity contribution in [2.45, 2.75) is 6.61 Å². The Morgan fingerprint density at radius 1 is 1.25 bits per heavy atom. The first-order valence-corrected chi connectivity index (χ1v) is 6.74. The zero-order valence-corrected chi connectivity index (χ0v) is 12.5. The molecule has 0 saturated carbocycles. The van der Waals surface area contributed by atoms with E-state index in [1.165, 1.54) is 0 Å². The molecule has 0 bridgehead atoms. The molecule has 4 nitrogen and oxygen atoms in total. The van der Waals surface area contributed by atoms with Crippen LogP contribution in [0, 0.1) is 0 Å². The first-order valence-electron chi connectivity index (χ1n) is 5.95. The Bertz CT molecular complexity index is 628. The van der Waals surface area contributed by atoms with E-state index in [1.54, 1.807) is 31.4 Å². The molecule has 5 heteroatoms. The molecule has 0 aliphatic rings. The highest BCUT2D eigenvalue weighted by molar-refractivity contribution is 9.10. The fourth-order valence-electron chi connectivity index (χ4n) is 1.75. The minimum atomic E-state index is -0.417. The lowest BCUT2D eigenvalue weighted by atomic mass is 10.2. The van der Waals surface area contributed by atoms with Gasteiger partial charge in [-0.3, -0.25) is 0 Å². The lowest BCUT2D eigenvalue weighted by molar-refractivity contribution is 0.0470. The minimum Gasteiger partial charge on any atom is -0.496 e. The lowest BCUT2D eigenvalue weighted by Crippen LogP contribution is -2.06. The van der Waals surface area contributed by atoms with E-state index < -0.39 is 5.97 Å². The van der Waals surface area contributed by atoms with Gasteiger partial charge in [-0.15, -0.1) is 0 Å². The molecule has 2 aromatic rings. The highest BCUT2D eigenvalue weighted by atomic mass is 79.9. The number of rotatable bonds is 4. The van der Waals surface area contributed by atoms with Crippen LogP contribution in [0.25, 0.3) is 0 Å². The third-order valence-electron chi connectivity index (χ3n) is 2.72. The number of ether oxygens (including phenoxy) is 2. The largest absolute Gasteiger partial charge is 0.496 e. The van der Waals surface area contributed by atoms with Crippen LogP contribution in [0.2, 0.25) is 0 Å². The molecule has 0 fully saturated rings. The van der Waals surface area contributed by atoms with Gasteiger partial charge in [0.15, 0.2) is 0 Å². The number of methoxy groups -OCH3 is 1. The predicted molar refractivity (Wildman–Crippen MR) is 80.7 cm³/mol. The zero-order chi connectivity index (χ0) is 14.5. The number of anilines is 1. The molecule has 0 heterocycles. The molecular formula is C15H14BrNO3. The second-order valence-electron chi connectivity index (χ2n) is 4.16.